The zero-order valence-corrected chi connectivity index (χ0v) is 15.2. The molecule has 5 nitrogen and oxygen atoms in total. The third kappa shape index (κ3) is 7.36. The smallest absolute Gasteiger partial charge is 0.296 e. The van der Waals surface area contributed by atoms with Crippen LogP contribution in [0, 0.1) is 6.92 Å². The first-order valence-corrected chi connectivity index (χ1v) is 9.64. The quantitative estimate of drug-likeness (QED) is 0.452. The van der Waals surface area contributed by atoms with E-state index in [1.807, 2.05) is 37.3 Å². The molecule has 0 amide bonds. The summed E-state index contributed by atoms with van der Waals surface area (Å²) in [4.78, 5) is 0.174. The first kappa shape index (κ1) is 19.6. The lowest BCUT2D eigenvalue weighted by Crippen LogP contribution is -2.10. The van der Waals surface area contributed by atoms with Crippen molar-refractivity contribution in [2.75, 3.05) is 26.4 Å². The van der Waals surface area contributed by atoms with Gasteiger partial charge in [0, 0.05) is 6.61 Å². The molecule has 0 aliphatic carbocycles. The van der Waals surface area contributed by atoms with Crippen molar-refractivity contribution in [2.24, 2.45) is 0 Å². The van der Waals surface area contributed by atoms with E-state index in [0.29, 0.717) is 32.8 Å². The van der Waals surface area contributed by atoms with Gasteiger partial charge in [0.05, 0.1) is 31.3 Å². The molecule has 0 heterocycles. The van der Waals surface area contributed by atoms with Gasteiger partial charge in [-0.25, -0.2) is 0 Å². The molecule has 2 rings (SSSR count). The minimum absolute atomic E-state index is 0.0983. The van der Waals surface area contributed by atoms with Gasteiger partial charge in [-0.1, -0.05) is 48.0 Å². The summed E-state index contributed by atoms with van der Waals surface area (Å²) in [7, 11) is -3.69. The van der Waals surface area contributed by atoms with E-state index in [1.165, 1.54) is 0 Å². The largest absolute Gasteiger partial charge is 0.379 e. The van der Waals surface area contributed by atoms with Crippen LogP contribution in [0.25, 0.3) is 0 Å². The van der Waals surface area contributed by atoms with Crippen LogP contribution < -0.4 is 0 Å². The van der Waals surface area contributed by atoms with E-state index in [1.54, 1.807) is 24.3 Å². The van der Waals surface area contributed by atoms with Gasteiger partial charge in [0.1, 0.15) is 0 Å². The molecule has 0 radical (unpaired) electrons. The minimum Gasteiger partial charge on any atom is -0.379 e. The highest BCUT2D eigenvalue weighted by Gasteiger charge is 2.14. The van der Waals surface area contributed by atoms with Crippen molar-refractivity contribution in [1.82, 2.24) is 0 Å². The lowest BCUT2D eigenvalue weighted by molar-refractivity contribution is 0.0370. The van der Waals surface area contributed by atoms with Crippen LogP contribution in [0.3, 0.4) is 0 Å². The van der Waals surface area contributed by atoms with Gasteiger partial charge >= 0.3 is 0 Å². The summed E-state index contributed by atoms with van der Waals surface area (Å²) >= 11 is 0. The van der Waals surface area contributed by atoms with Gasteiger partial charge in [-0.2, -0.15) is 8.42 Å². The molecule has 2 aromatic rings. The zero-order valence-electron chi connectivity index (χ0n) is 14.4. The van der Waals surface area contributed by atoms with E-state index in [4.69, 9.17) is 13.7 Å². The topological polar surface area (TPSA) is 61.8 Å². The van der Waals surface area contributed by atoms with Gasteiger partial charge in [-0.3, -0.25) is 4.18 Å². The molecule has 2 aromatic carbocycles. The van der Waals surface area contributed by atoms with Crippen molar-refractivity contribution in [3.63, 3.8) is 0 Å². The monoisotopic (exact) mass is 364 g/mol. The molecule has 0 unspecified atom stereocenters. The second kappa shape index (κ2) is 10.3. The zero-order chi connectivity index (χ0) is 18.0. The molecule has 0 saturated carbocycles. The van der Waals surface area contributed by atoms with Crippen LogP contribution >= 0.6 is 0 Å². The molecule has 0 bridgehead atoms. The first-order chi connectivity index (χ1) is 12.1. The standard InChI is InChI=1S/C19H24O5S/c1-17-8-10-19(11-9-17)25(20,21)24-13-5-12-22-14-15-23-16-18-6-3-2-4-7-18/h2-4,6-11H,5,12-16H2,1H3. The van der Waals surface area contributed by atoms with E-state index in [2.05, 4.69) is 0 Å². The average molecular weight is 364 g/mol. The normalized spacial score (nSPS) is 11.6. The van der Waals surface area contributed by atoms with Gasteiger partial charge in [-0.05, 0) is 31.0 Å². The maximum Gasteiger partial charge on any atom is 0.296 e. The molecule has 0 N–H and O–H groups in total. The third-order valence-electron chi connectivity index (χ3n) is 3.46. The van der Waals surface area contributed by atoms with Gasteiger partial charge in [0.15, 0.2) is 0 Å². The molecule has 0 fully saturated rings. The second-order valence-corrected chi connectivity index (χ2v) is 7.21. The molecular formula is C19H24O5S. The second-order valence-electron chi connectivity index (χ2n) is 5.59. The molecule has 0 spiro atoms. The fourth-order valence-electron chi connectivity index (χ4n) is 2.09. The highest BCUT2D eigenvalue weighted by molar-refractivity contribution is 7.86. The van der Waals surface area contributed by atoms with E-state index >= 15 is 0 Å². The van der Waals surface area contributed by atoms with Crippen molar-refractivity contribution in [3.8, 4) is 0 Å². The predicted molar refractivity (Wildman–Crippen MR) is 95.9 cm³/mol. The molecule has 25 heavy (non-hydrogen) atoms. The molecule has 0 aliphatic rings. The summed E-state index contributed by atoms with van der Waals surface area (Å²) < 4.78 is 39.8. The lowest BCUT2D eigenvalue weighted by atomic mass is 10.2. The Morgan fingerprint density at radius 1 is 0.800 bits per heavy atom. The Bertz CT molecular complexity index is 711. The van der Waals surface area contributed by atoms with Crippen molar-refractivity contribution in [1.29, 1.82) is 0 Å². The van der Waals surface area contributed by atoms with Gasteiger partial charge in [-0.15, -0.1) is 0 Å². The molecule has 6 heteroatoms. The summed E-state index contributed by atoms with van der Waals surface area (Å²) in [6.07, 6.45) is 0.504. The SMILES string of the molecule is Cc1ccc(S(=O)(=O)OCCCOCCOCc2ccccc2)cc1. The van der Waals surface area contributed by atoms with Crippen molar-refractivity contribution in [3.05, 3.63) is 65.7 Å². The summed E-state index contributed by atoms with van der Waals surface area (Å²) in [5.74, 6) is 0. The summed E-state index contributed by atoms with van der Waals surface area (Å²) in [5, 5.41) is 0. The minimum atomic E-state index is -3.69. The first-order valence-electron chi connectivity index (χ1n) is 8.23. The summed E-state index contributed by atoms with van der Waals surface area (Å²) in [6.45, 7) is 3.95. The van der Waals surface area contributed by atoms with Crippen LogP contribution in [-0.2, 0) is 30.4 Å². The highest BCUT2D eigenvalue weighted by Crippen LogP contribution is 2.13. The van der Waals surface area contributed by atoms with E-state index < -0.39 is 10.1 Å². The van der Waals surface area contributed by atoms with E-state index in [0.717, 1.165) is 11.1 Å². The van der Waals surface area contributed by atoms with Crippen LogP contribution in [0.1, 0.15) is 17.5 Å². The van der Waals surface area contributed by atoms with E-state index in [9.17, 15) is 8.42 Å². The van der Waals surface area contributed by atoms with Crippen LogP contribution in [0.15, 0.2) is 59.5 Å². The molecule has 0 saturated heterocycles. The Morgan fingerprint density at radius 2 is 1.48 bits per heavy atom. The number of ether oxygens (including phenoxy) is 2. The molecule has 0 aromatic heterocycles. The Morgan fingerprint density at radius 3 is 2.20 bits per heavy atom. The van der Waals surface area contributed by atoms with E-state index in [-0.39, 0.29) is 11.5 Å². The molecular weight excluding hydrogens is 340 g/mol. The number of hydrogen-bond acceptors (Lipinski definition) is 5. The van der Waals surface area contributed by atoms with Gasteiger partial charge in [0.25, 0.3) is 10.1 Å². The fraction of sp³-hybridized carbons (Fsp3) is 0.368. The third-order valence-corrected chi connectivity index (χ3v) is 4.79. The Hall–Kier alpha value is -1.73. The number of rotatable bonds is 11. The maximum absolute atomic E-state index is 12.0. The van der Waals surface area contributed by atoms with Gasteiger partial charge in [0.2, 0.25) is 0 Å². The molecule has 0 aliphatic heterocycles. The van der Waals surface area contributed by atoms with Crippen molar-refractivity contribution >= 4 is 10.1 Å². The maximum atomic E-state index is 12.0. The number of benzene rings is 2. The highest BCUT2D eigenvalue weighted by atomic mass is 32.2. The van der Waals surface area contributed by atoms with Crippen LogP contribution in [0.5, 0.6) is 0 Å². The summed E-state index contributed by atoms with van der Waals surface area (Å²) in [6, 6.07) is 16.5. The average Bonchev–Trinajstić information content (AvgIpc) is 2.61. The lowest BCUT2D eigenvalue weighted by Gasteiger charge is -2.07. The van der Waals surface area contributed by atoms with Crippen molar-refractivity contribution in [2.45, 2.75) is 24.8 Å². The van der Waals surface area contributed by atoms with Crippen LogP contribution in [0.4, 0.5) is 0 Å². The fourth-order valence-corrected chi connectivity index (χ4v) is 3.03. The van der Waals surface area contributed by atoms with Gasteiger partial charge < -0.3 is 9.47 Å². The number of hydrogen-bond donors (Lipinski definition) is 0. The summed E-state index contributed by atoms with van der Waals surface area (Å²) in [5.41, 5.74) is 2.12. The molecule has 0 atom stereocenters. The molecule has 136 valence electrons. The Kier molecular flexibility index (Phi) is 8.08. The van der Waals surface area contributed by atoms with Crippen LogP contribution in [0.2, 0.25) is 0 Å². The van der Waals surface area contributed by atoms with Crippen molar-refractivity contribution < 1.29 is 22.1 Å². The Labute approximate surface area is 149 Å². The number of aryl methyl sites for hydroxylation is 1. The predicted octanol–water partition coefficient (Wildman–Crippen LogP) is 3.32. The van der Waals surface area contributed by atoms with Crippen LogP contribution in [-0.4, -0.2) is 34.8 Å². The Balaban J connectivity index is 1.52.